The van der Waals surface area contributed by atoms with Gasteiger partial charge in [-0.05, 0) is 24.6 Å². The van der Waals surface area contributed by atoms with Crippen molar-refractivity contribution in [2.75, 3.05) is 13.1 Å². The Morgan fingerprint density at radius 2 is 1.69 bits per heavy atom. The first-order chi connectivity index (χ1) is 12.2. The molecule has 0 bridgehead atoms. The number of nitrogens with one attached hydrogen (secondary N) is 3. The fourth-order valence-corrected chi connectivity index (χ4v) is 1.95. The smallest absolute Gasteiger partial charge is 0.325 e. The lowest BCUT2D eigenvalue weighted by Crippen LogP contribution is -2.53. The summed E-state index contributed by atoms with van der Waals surface area (Å²) in [5.74, 6) is -3.02. The van der Waals surface area contributed by atoms with Gasteiger partial charge in [0.2, 0.25) is 17.7 Å². The normalized spacial score (nSPS) is 12.5. The largest absolute Gasteiger partial charge is 0.508 e. The highest BCUT2D eigenvalue weighted by atomic mass is 16.4. The molecule has 0 radical (unpaired) electrons. The molecule has 26 heavy (non-hydrogen) atoms. The molecule has 2 unspecified atom stereocenters. The van der Waals surface area contributed by atoms with E-state index in [4.69, 9.17) is 10.8 Å². The molecule has 0 aromatic heterocycles. The molecule has 1 rings (SSSR count). The minimum absolute atomic E-state index is 0.0442. The number of phenols is 1. The fourth-order valence-electron chi connectivity index (χ4n) is 1.95. The van der Waals surface area contributed by atoms with Crippen molar-refractivity contribution in [2.24, 2.45) is 5.73 Å². The summed E-state index contributed by atoms with van der Waals surface area (Å²) in [5, 5.41) is 25.2. The van der Waals surface area contributed by atoms with Gasteiger partial charge in [-0.2, -0.15) is 0 Å². The van der Waals surface area contributed by atoms with Crippen molar-refractivity contribution in [1.29, 1.82) is 0 Å². The second kappa shape index (κ2) is 9.99. The molecule has 0 fully saturated rings. The van der Waals surface area contributed by atoms with Crippen molar-refractivity contribution >= 4 is 23.7 Å². The topological polar surface area (TPSA) is 171 Å². The number of aromatic hydroxyl groups is 1. The molecule has 0 aliphatic rings. The molecule has 0 aliphatic heterocycles. The van der Waals surface area contributed by atoms with Crippen LogP contribution in [0.4, 0.5) is 0 Å². The minimum Gasteiger partial charge on any atom is -0.508 e. The lowest BCUT2D eigenvalue weighted by Gasteiger charge is -2.20. The lowest BCUT2D eigenvalue weighted by atomic mass is 10.0. The van der Waals surface area contributed by atoms with Crippen molar-refractivity contribution in [2.45, 2.75) is 25.4 Å². The number of carboxylic acids is 1. The third-order valence-corrected chi connectivity index (χ3v) is 3.39. The van der Waals surface area contributed by atoms with Gasteiger partial charge in [-0.3, -0.25) is 19.2 Å². The predicted octanol–water partition coefficient (Wildman–Crippen LogP) is -1.92. The monoisotopic (exact) mass is 366 g/mol. The van der Waals surface area contributed by atoms with Crippen LogP contribution in [-0.4, -0.2) is 59.1 Å². The number of rotatable bonds is 9. The second-order valence-electron chi connectivity index (χ2n) is 5.54. The summed E-state index contributed by atoms with van der Waals surface area (Å²) < 4.78 is 0. The highest BCUT2D eigenvalue weighted by Crippen LogP contribution is 2.11. The quantitative estimate of drug-likeness (QED) is 0.296. The van der Waals surface area contributed by atoms with Crippen LogP contribution in [0.2, 0.25) is 0 Å². The Labute approximate surface area is 149 Å². The van der Waals surface area contributed by atoms with E-state index in [2.05, 4.69) is 16.0 Å². The number of aliphatic carboxylic acids is 1. The Morgan fingerprint density at radius 3 is 2.23 bits per heavy atom. The summed E-state index contributed by atoms with van der Waals surface area (Å²) in [4.78, 5) is 46.2. The highest BCUT2D eigenvalue weighted by molar-refractivity contribution is 5.92. The van der Waals surface area contributed by atoms with E-state index in [1.54, 1.807) is 12.1 Å². The van der Waals surface area contributed by atoms with Gasteiger partial charge in [0.25, 0.3) is 0 Å². The number of carbonyl (C=O) groups excluding carboxylic acids is 3. The van der Waals surface area contributed by atoms with E-state index in [0.29, 0.717) is 5.56 Å². The van der Waals surface area contributed by atoms with E-state index in [1.807, 2.05) is 0 Å². The Balaban J connectivity index is 2.81. The van der Waals surface area contributed by atoms with Gasteiger partial charge in [-0.15, -0.1) is 0 Å². The van der Waals surface area contributed by atoms with Crippen LogP contribution in [0.25, 0.3) is 0 Å². The van der Waals surface area contributed by atoms with E-state index in [9.17, 15) is 24.3 Å². The molecule has 0 saturated carbocycles. The molecule has 10 heteroatoms. The second-order valence-corrected chi connectivity index (χ2v) is 5.54. The average Bonchev–Trinajstić information content (AvgIpc) is 2.60. The lowest BCUT2D eigenvalue weighted by molar-refractivity contribution is -0.141. The summed E-state index contributed by atoms with van der Waals surface area (Å²) in [6, 6.07) is 3.78. The maximum absolute atomic E-state index is 12.3. The van der Waals surface area contributed by atoms with E-state index < -0.39 is 35.8 Å². The van der Waals surface area contributed by atoms with Crippen LogP contribution in [0.1, 0.15) is 12.5 Å². The number of carbonyl (C=O) groups is 4. The molecule has 1 aromatic rings. The third kappa shape index (κ3) is 7.18. The SMILES string of the molecule is CC(NC(=O)C(Cc1ccc(O)cc1)NC(=O)CNC(=O)CN)C(=O)O. The van der Waals surface area contributed by atoms with E-state index >= 15 is 0 Å². The standard InChI is InChI=1S/C16H22N4O6/c1-9(16(25)26)19-15(24)12(6-10-2-4-11(21)5-3-10)20-14(23)8-18-13(22)7-17/h2-5,9,12,21H,6-8,17H2,1H3,(H,18,22)(H,19,24)(H,20,23)(H,25,26). The molecule has 0 spiro atoms. The number of benzene rings is 1. The van der Waals surface area contributed by atoms with Gasteiger partial charge in [0.05, 0.1) is 13.1 Å². The van der Waals surface area contributed by atoms with Crippen LogP contribution in [0.3, 0.4) is 0 Å². The number of hydrogen-bond acceptors (Lipinski definition) is 6. The van der Waals surface area contributed by atoms with Gasteiger partial charge in [0.15, 0.2) is 0 Å². The molecule has 10 nitrogen and oxygen atoms in total. The number of nitrogens with two attached hydrogens (primary N) is 1. The number of phenolic OH excluding ortho intramolecular Hbond substituents is 1. The van der Waals surface area contributed by atoms with Gasteiger partial charge >= 0.3 is 5.97 Å². The molecule has 142 valence electrons. The Hall–Kier alpha value is -3.14. The summed E-state index contributed by atoms with van der Waals surface area (Å²) in [7, 11) is 0. The first kappa shape index (κ1) is 20.9. The summed E-state index contributed by atoms with van der Waals surface area (Å²) >= 11 is 0. The van der Waals surface area contributed by atoms with E-state index in [1.165, 1.54) is 19.1 Å². The first-order valence-corrected chi connectivity index (χ1v) is 7.80. The number of hydrogen-bond donors (Lipinski definition) is 6. The minimum atomic E-state index is -1.22. The molecular weight excluding hydrogens is 344 g/mol. The Kier molecular flexibility index (Phi) is 8.03. The molecule has 0 saturated heterocycles. The zero-order chi connectivity index (χ0) is 19.7. The fraction of sp³-hybridized carbons (Fsp3) is 0.375. The molecule has 2 atom stereocenters. The first-order valence-electron chi connectivity index (χ1n) is 7.80. The van der Waals surface area contributed by atoms with Gasteiger partial charge in [-0.25, -0.2) is 0 Å². The van der Waals surface area contributed by atoms with Gasteiger partial charge in [0, 0.05) is 6.42 Å². The van der Waals surface area contributed by atoms with Crippen LogP contribution in [0.15, 0.2) is 24.3 Å². The Bertz CT molecular complexity index is 661. The number of amides is 3. The zero-order valence-electron chi connectivity index (χ0n) is 14.2. The van der Waals surface area contributed by atoms with Gasteiger partial charge < -0.3 is 31.9 Å². The number of carboxylic acid groups (broad SMARTS) is 1. The molecule has 7 N–H and O–H groups in total. The van der Waals surface area contributed by atoms with Crippen molar-refractivity contribution < 1.29 is 29.4 Å². The van der Waals surface area contributed by atoms with Gasteiger partial charge in [0.1, 0.15) is 17.8 Å². The van der Waals surface area contributed by atoms with E-state index in [-0.39, 0.29) is 25.3 Å². The maximum atomic E-state index is 12.3. The van der Waals surface area contributed by atoms with Crippen molar-refractivity contribution in [1.82, 2.24) is 16.0 Å². The van der Waals surface area contributed by atoms with Crippen molar-refractivity contribution in [3.05, 3.63) is 29.8 Å². The average molecular weight is 366 g/mol. The Morgan fingerprint density at radius 1 is 1.08 bits per heavy atom. The van der Waals surface area contributed by atoms with Crippen LogP contribution < -0.4 is 21.7 Å². The highest BCUT2D eigenvalue weighted by Gasteiger charge is 2.24. The van der Waals surface area contributed by atoms with Crippen LogP contribution in [0, 0.1) is 0 Å². The summed E-state index contributed by atoms with van der Waals surface area (Å²) in [6.45, 7) is 0.645. The zero-order valence-corrected chi connectivity index (χ0v) is 14.2. The molecular formula is C16H22N4O6. The van der Waals surface area contributed by atoms with Crippen molar-refractivity contribution in [3.8, 4) is 5.75 Å². The van der Waals surface area contributed by atoms with Crippen LogP contribution >= 0.6 is 0 Å². The van der Waals surface area contributed by atoms with E-state index in [0.717, 1.165) is 0 Å². The molecule has 3 amide bonds. The van der Waals surface area contributed by atoms with Crippen molar-refractivity contribution in [3.63, 3.8) is 0 Å². The summed E-state index contributed by atoms with van der Waals surface area (Å²) in [6.07, 6.45) is 0.0645. The third-order valence-electron chi connectivity index (χ3n) is 3.39. The predicted molar refractivity (Wildman–Crippen MR) is 91.0 cm³/mol. The molecule has 1 aromatic carbocycles. The van der Waals surface area contributed by atoms with Crippen LogP contribution in [0.5, 0.6) is 5.75 Å². The molecule has 0 aliphatic carbocycles. The van der Waals surface area contributed by atoms with Crippen LogP contribution in [-0.2, 0) is 25.6 Å². The van der Waals surface area contributed by atoms with Gasteiger partial charge in [-0.1, -0.05) is 12.1 Å². The maximum Gasteiger partial charge on any atom is 0.325 e. The summed E-state index contributed by atoms with van der Waals surface area (Å²) in [5.41, 5.74) is 5.76. The molecule has 0 heterocycles.